The third-order valence-corrected chi connectivity index (χ3v) is 4.95. The lowest BCUT2D eigenvalue weighted by Gasteiger charge is -2.61. The molecule has 4 rings (SSSR count). The molecule has 1 N–H and O–H groups in total. The lowest BCUT2D eigenvalue weighted by Crippen LogP contribution is -2.68. The van der Waals surface area contributed by atoms with E-state index in [-0.39, 0.29) is 11.4 Å². The molecule has 0 heterocycles. The first kappa shape index (κ1) is 11.0. The molecule has 0 radical (unpaired) electrons. The van der Waals surface area contributed by atoms with Crippen LogP contribution < -0.4 is 5.32 Å². The summed E-state index contributed by atoms with van der Waals surface area (Å²) < 4.78 is 1.96. The van der Waals surface area contributed by atoms with Crippen LogP contribution in [0.25, 0.3) is 0 Å². The third kappa shape index (κ3) is 1.70. The smallest absolute Gasteiger partial charge is 0.252 e. The topological polar surface area (TPSA) is 29.1 Å². The summed E-state index contributed by atoms with van der Waals surface area (Å²) in [6.45, 7) is 0. The zero-order valence-electron chi connectivity index (χ0n) is 8.59. The molecule has 4 heteroatoms. The summed E-state index contributed by atoms with van der Waals surface area (Å²) in [5.74, 6) is 0.947. The van der Waals surface area contributed by atoms with Crippen molar-refractivity contribution in [1.29, 1.82) is 0 Å². The highest BCUT2D eigenvalue weighted by Gasteiger charge is 2.57. The third-order valence-electron chi connectivity index (χ3n) is 3.59. The van der Waals surface area contributed by atoms with Crippen LogP contribution in [0.4, 0.5) is 0 Å². The highest BCUT2D eigenvalue weighted by Crippen LogP contribution is 2.57. The fraction of sp³-hybridized carbons (Fsp3) is 0.417. The van der Waals surface area contributed by atoms with Crippen molar-refractivity contribution in [2.45, 2.75) is 24.8 Å². The highest BCUT2D eigenvalue weighted by molar-refractivity contribution is 14.1. The molecule has 0 atom stereocenters. The fourth-order valence-corrected chi connectivity index (χ4v) is 3.53. The second-order valence-corrected chi connectivity index (χ2v) is 6.94. The molecule has 3 aliphatic rings. The molecule has 0 saturated heterocycles. The normalized spacial score (nSPS) is 30.2. The van der Waals surface area contributed by atoms with Gasteiger partial charge in [0.2, 0.25) is 0 Å². The molecule has 1 amide bonds. The van der Waals surface area contributed by atoms with Gasteiger partial charge in [-0.1, -0.05) is 0 Å². The maximum atomic E-state index is 12.1. The maximum absolute atomic E-state index is 12.1. The number of carbonyl (C=O) groups excluding carboxylic acids is 1. The van der Waals surface area contributed by atoms with Crippen molar-refractivity contribution in [3.05, 3.63) is 31.8 Å². The van der Waals surface area contributed by atoms with Crippen LogP contribution in [-0.4, -0.2) is 11.4 Å². The number of nitrogens with one attached hydrogen (secondary N) is 1. The van der Waals surface area contributed by atoms with Gasteiger partial charge < -0.3 is 5.32 Å². The van der Waals surface area contributed by atoms with Crippen LogP contribution in [0.5, 0.6) is 0 Å². The summed E-state index contributed by atoms with van der Waals surface area (Å²) in [5, 5.41) is 3.17. The Labute approximate surface area is 116 Å². The summed E-state index contributed by atoms with van der Waals surface area (Å²) in [6, 6.07) is 5.84. The highest BCUT2D eigenvalue weighted by atomic mass is 127. The van der Waals surface area contributed by atoms with Gasteiger partial charge in [0.25, 0.3) is 5.91 Å². The van der Waals surface area contributed by atoms with E-state index in [1.807, 2.05) is 18.2 Å². The van der Waals surface area contributed by atoms with Crippen molar-refractivity contribution in [2.24, 2.45) is 5.92 Å². The molecule has 16 heavy (non-hydrogen) atoms. The maximum Gasteiger partial charge on any atom is 0.252 e. The quantitative estimate of drug-likeness (QED) is 0.769. The van der Waals surface area contributed by atoms with Crippen LogP contribution >= 0.6 is 38.5 Å². The number of rotatable bonds is 2. The van der Waals surface area contributed by atoms with Gasteiger partial charge in [-0.15, -0.1) is 0 Å². The zero-order valence-corrected chi connectivity index (χ0v) is 12.3. The lowest BCUT2D eigenvalue weighted by atomic mass is 9.50. The van der Waals surface area contributed by atoms with E-state index in [2.05, 4.69) is 43.8 Å². The van der Waals surface area contributed by atoms with Crippen LogP contribution in [0.1, 0.15) is 29.6 Å². The first-order valence-corrected chi connectivity index (χ1v) is 7.23. The number of benzene rings is 1. The monoisotopic (exact) mass is 391 g/mol. The van der Waals surface area contributed by atoms with Gasteiger partial charge >= 0.3 is 0 Å². The molecule has 84 valence electrons. The van der Waals surface area contributed by atoms with Crippen LogP contribution in [0.2, 0.25) is 0 Å². The molecular weight excluding hydrogens is 381 g/mol. The molecule has 2 nitrogen and oxygen atoms in total. The van der Waals surface area contributed by atoms with Crippen LogP contribution in [0, 0.1) is 9.49 Å². The predicted octanol–water partition coefficient (Wildman–Crippen LogP) is 3.34. The Balaban J connectivity index is 1.80. The summed E-state index contributed by atoms with van der Waals surface area (Å²) >= 11 is 5.65. The lowest BCUT2D eigenvalue weighted by molar-refractivity contribution is -0.0438. The summed E-state index contributed by atoms with van der Waals surface area (Å²) in [7, 11) is 0. The van der Waals surface area contributed by atoms with Gasteiger partial charge in [0.05, 0.1) is 5.56 Å². The molecule has 0 unspecified atom stereocenters. The van der Waals surface area contributed by atoms with Crippen LogP contribution in [0.3, 0.4) is 0 Å². The van der Waals surface area contributed by atoms with E-state index < -0.39 is 0 Å². The number of halogens is 2. The summed E-state index contributed by atoms with van der Waals surface area (Å²) in [5.41, 5.74) is 0.902. The van der Waals surface area contributed by atoms with Crippen LogP contribution in [0.15, 0.2) is 22.7 Å². The molecule has 2 bridgehead atoms. The van der Waals surface area contributed by atoms with Gasteiger partial charge in [-0.25, -0.2) is 0 Å². The minimum absolute atomic E-state index is 0.0588. The molecule has 0 spiro atoms. The summed E-state index contributed by atoms with van der Waals surface area (Å²) in [4.78, 5) is 12.1. The molecule has 1 aromatic carbocycles. The standard InChI is InChI=1S/C12H11BrINO/c13-10-2-1-8(14)3-9(10)11(16)15-12-4-7(5-12)6-12/h1-3,7H,4-6H2,(H,15,16). The number of carbonyl (C=O) groups is 1. The molecule has 3 fully saturated rings. The average Bonchev–Trinajstić information content (AvgIpc) is 2.13. The van der Waals surface area contributed by atoms with Gasteiger partial charge in [0.15, 0.2) is 0 Å². The van der Waals surface area contributed by atoms with Crippen LogP contribution in [-0.2, 0) is 0 Å². The predicted molar refractivity (Wildman–Crippen MR) is 74.4 cm³/mol. The Morgan fingerprint density at radius 3 is 2.69 bits per heavy atom. The SMILES string of the molecule is O=C(NC12CC(C1)C2)c1cc(I)ccc1Br. The van der Waals surface area contributed by atoms with E-state index >= 15 is 0 Å². The van der Waals surface area contributed by atoms with Gasteiger partial charge in [-0.2, -0.15) is 0 Å². The van der Waals surface area contributed by atoms with E-state index in [4.69, 9.17) is 0 Å². The van der Waals surface area contributed by atoms with E-state index in [0.29, 0.717) is 0 Å². The van der Waals surface area contributed by atoms with Gasteiger partial charge in [0.1, 0.15) is 0 Å². The number of hydrogen-bond acceptors (Lipinski definition) is 1. The molecule has 3 saturated carbocycles. The van der Waals surface area contributed by atoms with Gasteiger partial charge in [0, 0.05) is 13.6 Å². The minimum Gasteiger partial charge on any atom is -0.347 e. The van der Waals surface area contributed by atoms with Crippen molar-refractivity contribution in [3.8, 4) is 0 Å². The van der Waals surface area contributed by atoms with Crippen molar-refractivity contribution in [1.82, 2.24) is 5.32 Å². The van der Waals surface area contributed by atoms with Crippen molar-refractivity contribution >= 4 is 44.4 Å². The number of hydrogen-bond donors (Lipinski definition) is 1. The average molecular weight is 392 g/mol. The van der Waals surface area contributed by atoms with E-state index in [1.165, 1.54) is 19.3 Å². The Kier molecular flexibility index (Phi) is 2.55. The van der Waals surface area contributed by atoms with Crippen molar-refractivity contribution in [3.63, 3.8) is 0 Å². The van der Waals surface area contributed by atoms with E-state index in [9.17, 15) is 4.79 Å². The Morgan fingerprint density at radius 2 is 2.12 bits per heavy atom. The summed E-state index contributed by atoms with van der Waals surface area (Å²) in [6.07, 6.45) is 3.54. The Morgan fingerprint density at radius 1 is 1.44 bits per heavy atom. The Hall–Kier alpha value is -0.100. The molecule has 0 aliphatic heterocycles. The van der Waals surface area contributed by atoms with E-state index in [0.717, 1.165) is 19.5 Å². The van der Waals surface area contributed by atoms with E-state index in [1.54, 1.807) is 0 Å². The largest absolute Gasteiger partial charge is 0.347 e. The molecule has 3 aliphatic carbocycles. The molecular formula is C12H11BrINO. The molecule has 0 aromatic heterocycles. The first-order valence-electron chi connectivity index (χ1n) is 5.36. The van der Waals surface area contributed by atoms with Gasteiger partial charge in [-0.3, -0.25) is 4.79 Å². The zero-order chi connectivity index (χ0) is 11.3. The number of amides is 1. The fourth-order valence-electron chi connectivity index (χ4n) is 2.61. The minimum atomic E-state index is 0.0588. The first-order chi connectivity index (χ1) is 7.58. The van der Waals surface area contributed by atoms with Gasteiger partial charge in [-0.05, 0) is 81.9 Å². The second kappa shape index (κ2) is 3.70. The Bertz CT molecular complexity index is 457. The van der Waals surface area contributed by atoms with Crippen molar-refractivity contribution in [2.75, 3.05) is 0 Å². The van der Waals surface area contributed by atoms with Crippen molar-refractivity contribution < 1.29 is 4.79 Å². The second-order valence-electron chi connectivity index (χ2n) is 4.84. The molecule has 1 aromatic rings.